The van der Waals surface area contributed by atoms with Gasteiger partial charge in [0.15, 0.2) is 0 Å². The van der Waals surface area contributed by atoms with Crippen LogP contribution < -0.4 is 0 Å². The van der Waals surface area contributed by atoms with Crippen LogP contribution in [0.15, 0.2) is 121 Å². The molecule has 0 spiro atoms. The molecule has 1 fully saturated rings. The van der Waals surface area contributed by atoms with Gasteiger partial charge < -0.3 is 4.90 Å². The number of carbonyl (C=O) groups excluding carboxylic acids is 1. The topological polar surface area (TPSA) is 36.4 Å². The van der Waals surface area contributed by atoms with Crippen LogP contribution in [0.3, 0.4) is 0 Å². The van der Waals surface area contributed by atoms with E-state index in [1.54, 1.807) is 0 Å². The van der Waals surface area contributed by atoms with E-state index in [-0.39, 0.29) is 5.91 Å². The first kappa shape index (κ1) is 24.8. The molecule has 4 nitrogen and oxygen atoms in total. The number of benzene rings is 4. The van der Waals surface area contributed by atoms with Crippen LogP contribution in [-0.4, -0.2) is 53.4 Å². The maximum Gasteiger partial charge on any atom is 0.254 e. The summed E-state index contributed by atoms with van der Waals surface area (Å²) in [7, 11) is 0. The summed E-state index contributed by atoms with van der Waals surface area (Å²) < 4.78 is 0. The summed E-state index contributed by atoms with van der Waals surface area (Å²) in [6, 6.07) is 39.0. The fraction of sp³-hybridized carbons (Fsp3) is 0.143. The zero-order valence-corrected chi connectivity index (χ0v) is 21.9. The number of fused-ring (bicyclic) bond motifs is 1. The van der Waals surface area contributed by atoms with Crippen molar-refractivity contribution < 1.29 is 4.79 Å². The molecule has 0 bridgehead atoms. The molecule has 1 saturated heterocycles. The van der Waals surface area contributed by atoms with Gasteiger partial charge in [-0.15, -0.1) is 0 Å². The number of nitrogens with zero attached hydrogens (tertiary/aromatic N) is 3. The average molecular weight is 510 g/mol. The van der Waals surface area contributed by atoms with Crippen LogP contribution >= 0.6 is 0 Å². The summed E-state index contributed by atoms with van der Waals surface area (Å²) in [5, 5.41) is 0.903. The van der Waals surface area contributed by atoms with E-state index in [4.69, 9.17) is 4.98 Å². The van der Waals surface area contributed by atoms with Crippen molar-refractivity contribution in [3.63, 3.8) is 0 Å². The lowest BCUT2D eigenvalue weighted by Crippen LogP contribution is -2.48. The molecule has 0 saturated carbocycles. The zero-order chi connectivity index (χ0) is 26.4. The molecular weight excluding hydrogens is 478 g/mol. The summed E-state index contributed by atoms with van der Waals surface area (Å²) in [6.07, 6.45) is 4.37. The van der Waals surface area contributed by atoms with Gasteiger partial charge in [0.05, 0.1) is 16.8 Å². The number of hydrogen-bond acceptors (Lipinski definition) is 3. The van der Waals surface area contributed by atoms with E-state index in [1.807, 2.05) is 59.5 Å². The molecule has 1 aromatic heterocycles. The van der Waals surface area contributed by atoms with Crippen molar-refractivity contribution in [3.8, 4) is 22.4 Å². The fourth-order valence-corrected chi connectivity index (χ4v) is 5.17. The minimum Gasteiger partial charge on any atom is -0.336 e. The Labute approximate surface area is 229 Å². The van der Waals surface area contributed by atoms with E-state index in [0.29, 0.717) is 0 Å². The lowest BCUT2D eigenvalue weighted by molar-refractivity contribution is 0.0652. The lowest BCUT2D eigenvalue weighted by Gasteiger charge is -2.34. The molecule has 6 rings (SSSR count). The average Bonchev–Trinajstić information content (AvgIpc) is 3.01. The number of hydrogen-bond donors (Lipinski definition) is 0. The molecule has 39 heavy (non-hydrogen) atoms. The summed E-state index contributed by atoms with van der Waals surface area (Å²) in [4.78, 5) is 23.1. The van der Waals surface area contributed by atoms with Gasteiger partial charge >= 0.3 is 0 Å². The minimum atomic E-state index is 0.0789. The van der Waals surface area contributed by atoms with Crippen LogP contribution in [-0.2, 0) is 0 Å². The standard InChI is InChI=1S/C35H31N3O/c39-35(38-24-22-37(23-25-38)21-9-12-27-10-3-1-4-11-27)32-26-34(36-33-16-8-7-15-31(32)33)30-19-17-29(18-20-30)28-13-5-2-6-14-28/h1-20,26H,21-25H2. The summed E-state index contributed by atoms with van der Waals surface area (Å²) in [6.45, 7) is 4.05. The molecule has 4 heteroatoms. The van der Waals surface area contributed by atoms with E-state index in [0.717, 1.165) is 66.0 Å². The molecule has 0 N–H and O–H groups in total. The Hall–Kier alpha value is -4.54. The van der Waals surface area contributed by atoms with Crippen molar-refractivity contribution in [1.82, 2.24) is 14.8 Å². The molecule has 192 valence electrons. The molecule has 0 aliphatic carbocycles. The summed E-state index contributed by atoms with van der Waals surface area (Å²) in [5.74, 6) is 0.0789. The molecule has 1 amide bonds. The Morgan fingerprint density at radius 3 is 2.05 bits per heavy atom. The van der Waals surface area contributed by atoms with Crippen molar-refractivity contribution in [2.75, 3.05) is 32.7 Å². The highest BCUT2D eigenvalue weighted by atomic mass is 16.2. The smallest absolute Gasteiger partial charge is 0.254 e. The van der Waals surface area contributed by atoms with Crippen molar-refractivity contribution in [2.45, 2.75) is 0 Å². The van der Waals surface area contributed by atoms with Crippen LogP contribution in [0, 0.1) is 0 Å². The van der Waals surface area contributed by atoms with Crippen molar-refractivity contribution in [1.29, 1.82) is 0 Å². The summed E-state index contributed by atoms with van der Waals surface area (Å²) >= 11 is 0. The van der Waals surface area contributed by atoms with Crippen LogP contribution in [0.2, 0.25) is 0 Å². The maximum absolute atomic E-state index is 13.8. The van der Waals surface area contributed by atoms with Gasteiger partial charge in [-0.3, -0.25) is 9.69 Å². The van der Waals surface area contributed by atoms with Crippen LogP contribution in [0.4, 0.5) is 0 Å². The largest absolute Gasteiger partial charge is 0.336 e. The molecular formula is C35H31N3O. The summed E-state index contributed by atoms with van der Waals surface area (Å²) in [5.41, 5.74) is 6.94. The Bertz CT molecular complexity index is 1590. The molecule has 5 aromatic rings. The SMILES string of the molecule is O=C(c1cc(-c2ccc(-c3ccccc3)cc2)nc2ccccc12)N1CCN(CC=Cc2ccccc2)CC1. The van der Waals surface area contributed by atoms with Crippen LogP contribution in [0.25, 0.3) is 39.4 Å². The second-order valence-corrected chi connectivity index (χ2v) is 9.92. The third-order valence-corrected chi connectivity index (χ3v) is 7.37. The zero-order valence-electron chi connectivity index (χ0n) is 21.9. The Morgan fingerprint density at radius 2 is 1.31 bits per heavy atom. The molecule has 0 unspecified atom stereocenters. The second-order valence-electron chi connectivity index (χ2n) is 9.92. The monoisotopic (exact) mass is 509 g/mol. The Kier molecular flexibility index (Phi) is 7.28. The third-order valence-electron chi connectivity index (χ3n) is 7.37. The highest BCUT2D eigenvalue weighted by molar-refractivity contribution is 6.07. The number of piperazine rings is 1. The van der Waals surface area contributed by atoms with Crippen LogP contribution in [0.5, 0.6) is 0 Å². The quantitative estimate of drug-likeness (QED) is 0.246. The predicted octanol–water partition coefficient (Wildman–Crippen LogP) is 7.04. The Morgan fingerprint density at radius 1 is 0.692 bits per heavy atom. The molecule has 1 aliphatic rings. The van der Waals surface area contributed by atoms with Gasteiger partial charge in [0, 0.05) is 43.7 Å². The second kappa shape index (κ2) is 11.5. The third kappa shape index (κ3) is 5.66. The van der Waals surface area contributed by atoms with Gasteiger partial charge in [0.2, 0.25) is 0 Å². The van der Waals surface area contributed by atoms with Crippen LogP contribution in [0.1, 0.15) is 15.9 Å². The van der Waals surface area contributed by atoms with Gasteiger partial charge in [0.1, 0.15) is 0 Å². The van der Waals surface area contributed by atoms with E-state index < -0.39 is 0 Å². The van der Waals surface area contributed by atoms with E-state index in [1.165, 1.54) is 11.1 Å². The highest BCUT2D eigenvalue weighted by Crippen LogP contribution is 2.28. The minimum absolute atomic E-state index is 0.0789. The van der Waals surface area contributed by atoms with Crippen molar-refractivity contribution in [3.05, 3.63) is 132 Å². The highest BCUT2D eigenvalue weighted by Gasteiger charge is 2.24. The van der Waals surface area contributed by atoms with Gasteiger partial charge in [-0.25, -0.2) is 4.98 Å². The number of carbonyl (C=O) groups is 1. The van der Waals surface area contributed by atoms with E-state index in [2.05, 4.69) is 77.7 Å². The number of amides is 1. The number of rotatable bonds is 6. The molecule has 0 atom stereocenters. The van der Waals surface area contributed by atoms with Gasteiger partial charge in [0.25, 0.3) is 5.91 Å². The van der Waals surface area contributed by atoms with E-state index >= 15 is 0 Å². The van der Waals surface area contributed by atoms with Crippen molar-refractivity contribution >= 4 is 22.9 Å². The number of pyridine rings is 1. The van der Waals surface area contributed by atoms with Gasteiger partial charge in [-0.1, -0.05) is 115 Å². The fourth-order valence-electron chi connectivity index (χ4n) is 5.17. The predicted molar refractivity (Wildman–Crippen MR) is 160 cm³/mol. The normalized spacial score (nSPS) is 14.2. The van der Waals surface area contributed by atoms with Gasteiger partial charge in [-0.05, 0) is 28.8 Å². The number of para-hydroxylation sites is 1. The first-order valence-electron chi connectivity index (χ1n) is 13.5. The molecule has 1 aliphatic heterocycles. The maximum atomic E-state index is 13.8. The van der Waals surface area contributed by atoms with E-state index in [9.17, 15) is 4.79 Å². The first-order valence-corrected chi connectivity index (χ1v) is 13.5. The molecule has 4 aromatic carbocycles. The van der Waals surface area contributed by atoms with Gasteiger partial charge in [-0.2, -0.15) is 0 Å². The number of aromatic nitrogens is 1. The van der Waals surface area contributed by atoms with Crippen molar-refractivity contribution in [2.24, 2.45) is 0 Å². The first-order chi connectivity index (χ1) is 19.2. The Balaban J connectivity index is 1.19. The lowest BCUT2D eigenvalue weighted by atomic mass is 10.00. The molecule has 0 radical (unpaired) electrons. The molecule has 2 heterocycles.